The molecule has 0 saturated carbocycles. The van der Waals surface area contributed by atoms with Crippen LogP contribution in [0.3, 0.4) is 0 Å². The van der Waals surface area contributed by atoms with Crippen molar-refractivity contribution in [1.29, 1.82) is 0 Å². The van der Waals surface area contributed by atoms with Gasteiger partial charge in [-0.25, -0.2) is 14.4 Å². The molecule has 0 saturated heterocycles. The maximum absolute atomic E-state index is 12.9. The third-order valence-corrected chi connectivity index (χ3v) is 2.79. The van der Waals surface area contributed by atoms with Crippen LogP contribution >= 0.6 is 0 Å². The lowest BCUT2D eigenvalue weighted by Gasteiger charge is -2.15. The highest BCUT2D eigenvalue weighted by Crippen LogP contribution is 2.18. The Bertz CT molecular complexity index is 560. The predicted molar refractivity (Wildman–Crippen MR) is 71.7 cm³/mol. The van der Waals surface area contributed by atoms with Gasteiger partial charge >= 0.3 is 5.97 Å². The summed E-state index contributed by atoms with van der Waals surface area (Å²) in [6, 6.07) is 7.44. The van der Waals surface area contributed by atoms with Gasteiger partial charge in [-0.1, -0.05) is 12.1 Å². The fourth-order valence-electron chi connectivity index (χ4n) is 1.76. The Morgan fingerprint density at radius 1 is 1.30 bits per heavy atom. The van der Waals surface area contributed by atoms with Crippen LogP contribution in [-0.4, -0.2) is 29.6 Å². The van der Waals surface area contributed by atoms with Gasteiger partial charge in [0.15, 0.2) is 0 Å². The molecule has 1 aromatic carbocycles. The molecule has 0 aliphatic heterocycles. The Hall–Kier alpha value is -2.50. The first kappa shape index (κ1) is 13.9. The highest BCUT2D eigenvalue weighted by atomic mass is 19.1. The Kier molecular flexibility index (Phi) is 4.60. The number of ether oxygens (including phenoxy) is 1. The molecule has 1 heterocycles. The molecule has 104 valence electrons. The SMILES string of the molecule is COC(=O)C(CNc1ncccn1)c1ccc(F)cc1. The summed E-state index contributed by atoms with van der Waals surface area (Å²) in [6.45, 7) is 0.266. The molecule has 1 atom stereocenters. The molecule has 0 spiro atoms. The van der Waals surface area contributed by atoms with E-state index in [1.807, 2.05) is 0 Å². The number of nitrogens with one attached hydrogen (secondary N) is 1. The lowest BCUT2D eigenvalue weighted by molar-refractivity contribution is -0.142. The largest absolute Gasteiger partial charge is 0.468 e. The molecule has 5 nitrogen and oxygen atoms in total. The van der Waals surface area contributed by atoms with Gasteiger partial charge in [-0.05, 0) is 23.8 Å². The molecule has 0 aliphatic rings. The van der Waals surface area contributed by atoms with Crippen molar-refractivity contribution in [1.82, 2.24) is 9.97 Å². The highest BCUT2D eigenvalue weighted by molar-refractivity contribution is 5.78. The van der Waals surface area contributed by atoms with E-state index in [1.165, 1.54) is 19.2 Å². The maximum Gasteiger partial charge on any atom is 0.314 e. The van der Waals surface area contributed by atoms with Crippen LogP contribution in [0.1, 0.15) is 11.5 Å². The molecule has 0 fully saturated rings. The fraction of sp³-hybridized carbons (Fsp3) is 0.214. The van der Waals surface area contributed by atoms with Crippen molar-refractivity contribution in [2.75, 3.05) is 19.0 Å². The number of methoxy groups -OCH3 is 1. The van der Waals surface area contributed by atoms with Crippen molar-refractivity contribution < 1.29 is 13.9 Å². The molecule has 0 bridgehead atoms. The third kappa shape index (κ3) is 3.50. The molecule has 1 aromatic heterocycles. The van der Waals surface area contributed by atoms with E-state index in [1.54, 1.807) is 30.6 Å². The van der Waals surface area contributed by atoms with Crippen LogP contribution in [0.15, 0.2) is 42.7 Å². The third-order valence-electron chi connectivity index (χ3n) is 2.79. The lowest BCUT2D eigenvalue weighted by atomic mass is 9.99. The number of rotatable bonds is 5. The zero-order valence-electron chi connectivity index (χ0n) is 10.9. The standard InChI is InChI=1S/C14H14FN3O2/c1-20-13(19)12(10-3-5-11(15)6-4-10)9-18-14-16-7-2-8-17-14/h2-8,12H,9H2,1H3,(H,16,17,18). The van der Waals surface area contributed by atoms with E-state index < -0.39 is 11.9 Å². The molecular weight excluding hydrogens is 261 g/mol. The zero-order valence-corrected chi connectivity index (χ0v) is 10.9. The minimum absolute atomic E-state index is 0.266. The number of aromatic nitrogens is 2. The van der Waals surface area contributed by atoms with Gasteiger partial charge in [-0.3, -0.25) is 4.79 Å². The van der Waals surface area contributed by atoms with Gasteiger partial charge in [-0.2, -0.15) is 0 Å². The Balaban J connectivity index is 2.12. The number of esters is 1. The monoisotopic (exact) mass is 275 g/mol. The molecule has 1 N–H and O–H groups in total. The Morgan fingerprint density at radius 3 is 2.55 bits per heavy atom. The van der Waals surface area contributed by atoms with E-state index in [-0.39, 0.29) is 12.4 Å². The van der Waals surface area contributed by atoms with Crippen molar-refractivity contribution in [3.8, 4) is 0 Å². The summed E-state index contributed by atoms with van der Waals surface area (Å²) in [7, 11) is 1.32. The first-order chi connectivity index (χ1) is 9.70. The van der Waals surface area contributed by atoms with Crippen LogP contribution < -0.4 is 5.32 Å². The second-order valence-corrected chi connectivity index (χ2v) is 4.08. The molecule has 0 radical (unpaired) electrons. The van der Waals surface area contributed by atoms with E-state index >= 15 is 0 Å². The molecule has 6 heteroatoms. The van der Waals surface area contributed by atoms with Crippen LogP contribution in [0.25, 0.3) is 0 Å². The number of hydrogen-bond donors (Lipinski definition) is 1. The van der Waals surface area contributed by atoms with E-state index in [0.717, 1.165) is 0 Å². The summed E-state index contributed by atoms with van der Waals surface area (Å²) < 4.78 is 17.7. The predicted octanol–water partition coefficient (Wildman–Crippen LogP) is 1.98. The minimum Gasteiger partial charge on any atom is -0.468 e. The van der Waals surface area contributed by atoms with Crippen LogP contribution in [0, 0.1) is 5.82 Å². The Morgan fingerprint density at radius 2 is 1.95 bits per heavy atom. The van der Waals surface area contributed by atoms with Crippen LogP contribution in [-0.2, 0) is 9.53 Å². The zero-order chi connectivity index (χ0) is 14.4. The molecule has 2 rings (SSSR count). The topological polar surface area (TPSA) is 64.1 Å². The van der Waals surface area contributed by atoms with Gasteiger partial charge in [-0.15, -0.1) is 0 Å². The minimum atomic E-state index is -0.551. The summed E-state index contributed by atoms with van der Waals surface area (Å²) in [5.74, 6) is -0.885. The summed E-state index contributed by atoms with van der Waals surface area (Å²) in [5.41, 5.74) is 0.668. The average Bonchev–Trinajstić information content (AvgIpc) is 2.50. The normalized spacial score (nSPS) is 11.7. The summed E-state index contributed by atoms with van der Waals surface area (Å²) >= 11 is 0. The molecule has 0 amide bonds. The molecule has 1 unspecified atom stereocenters. The van der Waals surface area contributed by atoms with Crippen molar-refractivity contribution in [2.45, 2.75) is 5.92 Å². The van der Waals surface area contributed by atoms with Gasteiger partial charge in [0.25, 0.3) is 0 Å². The second kappa shape index (κ2) is 6.60. The number of anilines is 1. The molecular formula is C14H14FN3O2. The number of carbonyl (C=O) groups excluding carboxylic acids is 1. The van der Waals surface area contributed by atoms with E-state index in [0.29, 0.717) is 11.5 Å². The summed E-state index contributed by atoms with van der Waals surface area (Å²) in [6.07, 6.45) is 3.20. The van der Waals surface area contributed by atoms with Gasteiger partial charge in [0, 0.05) is 18.9 Å². The summed E-state index contributed by atoms with van der Waals surface area (Å²) in [5, 5.41) is 2.96. The second-order valence-electron chi connectivity index (χ2n) is 4.08. The number of carbonyl (C=O) groups is 1. The number of hydrogen-bond acceptors (Lipinski definition) is 5. The summed E-state index contributed by atoms with van der Waals surface area (Å²) in [4.78, 5) is 19.8. The van der Waals surface area contributed by atoms with E-state index in [4.69, 9.17) is 4.74 Å². The van der Waals surface area contributed by atoms with E-state index in [2.05, 4.69) is 15.3 Å². The molecule has 0 aliphatic carbocycles. The lowest BCUT2D eigenvalue weighted by Crippen LogP contribution is -2.23. The highest BCUT2D eigenvalue weighted by Gasteiger charge is 2.21. The molecule has 20 heavy (non-hydrogen) atoms. The van der Waals surface area contributed by atoms with Crippen LogP contribution in [0.5, 0.6) is 0 Å². The number of nitrogens with zero attached hydrogens (tertiary/aromatic N) is 2. The van der Waals surface area contributed by atoms with Crippen LogP contribution in [0.4, 0.5) is 10.3 Å². The van der Waals surface area contributed by atoms with Crippen molar-refractivity contribution in [2.24, 2.45) is 0 Å². The van der Waals surface area contributed by atoms with Crippen molar-refractivity contribution in [3.05, 3.63) is 54.1 Å². The molecule has 2 aromatic rings. The number of halogens is 1. The average molecular weight is 275 g/mol. The van der Waals surface area contributed by atoms with Crippen molar-refractivity contribution >= 4 is 11.9 Å². The van der Waals surface area contributed by atoms with Gasteiger partial charge < -0.3 is 10.1 Å². The van der Waals surface area contributed by atoms with Gasteiger partial charge in [0.1, 0.15) is 5.82 Å². The maximum atomic E-state index is 12.9. The quantitative estimate of drug-likeness (QED) is 0.845. The first-order valence-corrected chi connectivity index (χ1v) is 6.05. The van der Waals surface area contributed by atoms with Gasteiger partial charge in [0.2, 0.25) is 5.95 Å². The number of benzene rings is 1. The Labute approximate surface area is 115 Å². The smallest absolute Gasteiger partial charge is 0.314 e. The fourth-order valence-corrected chi connectivity index (χ4v) is 1.76. The van der Waals surface area contributed by atoms with Crippen LogP contribution in [0.2, 0.25) is 0 Å². The van der Waals surface area contributed by atoms with Crippen molar-refractivity contribution in [3.63, 3.8) is 0 Å². The van der Waals surface area contributed by atoms with Gasteiger partial charge in [0.05, 0.1) is 13.0 Å². The first-order valence-electron chi connectivity index (χ1n) is 6.05. The van der Waals surface area contributed by atoms with E-state index in [9.17, 15) is 9.18 Å².